The number of fused-ring (bicyclic) bond motifs is 1. The lowest BCUT2D eigenvalue weighted by atomic mass is 10.0. The van der Waals surface area contributed by atoms with Crippen molar-refractivity contribution in [3.8, 4) is 0 Å². The van der Waals surface area contributed by atoms with Gasteiger partial charge in [-0.25, -0.2) is 5.43 Å². The van der Waals surface area contributed by atoms with Crippen LogP contribution in [-0.2, 0) is 14.3 Å². The molecule has 1 fully saturated rings. The van der Waals surface area contributed by atoms with Crippen LogP contribution in [0.3, 0.4) is 0 Å². The van der Waals surface area contributed by atoms with Crippen molar-refractivity contribution >= 4 is 12.8 Å². The number of nitrogens with zero attached hydrogens (tertiary/aromatic N) is 2. The molecule has 6 heteroatoms. The van der Waals surface area contributed by atoms with Gasteiger partial charge >= 0.3 is 5.97 Å². The van der Waals surface area contributed by atoms with Gasteiger partial charge < -0.3 is 14.5 Å². The van der Waals surface area contributed by atoms with Gasteiger partial charge in [0, 0.05) is 18.8 Å². The monoisotopic (exact) mass is 407 g/mol. The molecule has 0 amide bonds. The summed E-state index contributed by atoms with van der Waals surface area (Å²) in [5.74, 6) is -0.163. The Hall–Kier alpha value is -2.96. The minimum absolute atomic E-state index is 0.143. The van der Waals surface area contributed by atoms with Crippen LogP contribution in [0.4, 0.5) is 0 Å². The zero-order valence-electron chi connectivity index (χ0n) is 17.6. The Kier molecular flexibility index (Phi) is 7.38. The van der Waals surface area contributed by atoms with E-state index in [0.717, 1.165) is 13.1 Å². The maximum atomic E-state index is 12.1. The first-order valence-electron chi connectivity index (χ1n) is 10.2. The second-order valence-corrected chi connectivity index (χ2v) is 7.45. The molecule has 0 aromatic heterocycles. The molecule has 2 unspecified atom stereocenters. The first kappa shape index (κ1) is 21.7. The fourth-order valence-corrected chi connectivity index (χ4v) is 3.97. The van der Waals surface area contributed by atoms with E-state index in [2.05, 4.69) is 76.9 Å². The highest BCUT2D eigenvalue weighted by molar-refractivity contribution is 5.71. The summed E-state index contributed by atoms with van der Waals surface area (Å²) in [5.41, 5.74) is 8.62. The number of aryl methyl sites for hydroxylation is 1. The summed E-state index contributed by atoms with van der Waals surface area (Å²) < 4.78 is 5.17. The summed E-state index contributed by atoms with van der Waals surface area (Å²) in [5, 5.41) is 2.28. The molecule has 1 N–H and O–H groups in total. The normalized spacial score (nSPS) is 20.6. The van der Waals surface area contributed by atoms with Gasteiger partial charge in [0.2, 0.25) is 0 Å². The van der Waals surface area contributed by atoms with E-state index in [1.807, 2.05) is 19.8 Å². The average Bonchev–Trinajstić information content (AvgIpc) is 3.20. The van der Waals surface area contributed by atoms with Crippen molar-refractivity contribution in [3.05, 3.63) is 83.1 Å². The molecule has 158 valence electrons. The summed E-state index contributed by atoms with van der Waals surface area (Å²) >= 11 is 0. The highest BCUT2D eigenvalue weighted by Crippen LogP contribution is 2.36. The molecule has 2 heterocycles. The number of ether oxygens (including phenoxy) is 1. The second kappa shape index (κ2) is 10.2. The molecule has 2 aromatic rings. The van der Waals surface area contributed by atoms with E-state index in [4.69, 9.17) is 9.53 Å². The molecule has 2 aliphatic rings. The zero-order valence-corrected chi connectivity index (χ0v) is 17.6. The van der Waals surface area contributed by atoms with Crippen LogP contribution in [0, 0.1) is 6.92 Å². The van der Waals surface area contributed by atoms with Crippen LogP contribution < -0.4 is 5.43 Å². The number of hydrogen-bond donors (Lipinski definition) is 1. The molecule has 0 bridgehead atoms. The Labute approximate surface area is 178 Å². The fraction of sp³-hybridized carbons (Fsp3) is 0.333. The predicted molar refractivity (Wildman–Crippen MR) is 116 cm³/mol. The van der Waals surface area contributed by atoms with E-state index >= 15 is 0 Å². The first-order chi connectivity index (χ1) is 14.6. The van der Waals surface area contributed by atoms with Gasteiger partial charge in [-0.2, -0.15) is 0 Å². The molecular weight excluding hydrogens is 378 g/mol. The number of esters is 1. The molecule has 30 heavy (non-hydrogen) atoms. The van der Waals surface area contributed by atoms with Crippen LogP contribution >= 0.6 is 0 Å². The van der Waals surface area contributed by atoms with Crippen molar-refractivity contribution in [1.29, 1.82) is 0 Å². The third kappa shape index (κ3) is 4.96. The number of benzene rings is 2. The Morgan fingerprint density at radius 1 is 1.10 bits per heavy atom. The molecule has 0 spiro atoms. The van der Waals surface area contributed by atoms with Crippen LogP contribution in [-0.4, -0.2) is 48.9 Å². The van der Waals surface area contributed by atoms with Crippen LogP contribution in [0.25, 0.3) is 0 Å². The summed E-state index contributed by atoms with van der Waals surface area (Å²) in [6.45, 7) is 8.19. The van der Waals surface area contributed by atoms with E-state index in [1.54, 1.807) is 0 Å². The summed E-state index contributed by atoms with van der Waals surface area (Å²) in [6.07, 6.45) is 2.28. The highest BCUT2D eigenvalue weighted by Gasteiger charge is 2.37. The number of hydrogen-bond acceptors (Lipinski definition) is 6. The van der Waals surface area contributed by atoms with Gasteiger partial charge in [0.05, 0.1) is 25.2 Å². The standard InChI is InChI=1S/C23H27N3O2.CH2O/c1-3-28-23(27)16-25-14-20-13-21(18-11-9-17(2)10-12-18)24-26(20)22(15-25)19-7-5-4-6-8-19;1-2/h4-13,21-22,24H,3,14-16H2,1-2H3;1H2. The van der Waals surface area contributed by atoms with Crippen molar-refractivity contribution in [2.45, 2.75) is 25.9 Å². The van der Waals surface area contributed by atoms with Gasteiger partial charge in [0.15, 0.2) is 0 Å². The zero-order chi connectivity index (χ0) is 21.5. The highest BCUT2D eigenvalue weighted by atomic mass is 16.5. The van der Waals surface area contributed by atoms with Crippen LogP contribution in [0.5, 0.6) is 0 Å². The minimum Gasteiger partial charge on any atom is -0.465 e. The molecule has 0 radical (unpaired) electrons. The van der Waals surface area contributed by atoms with E-state index < -0.39 is 0 Å². The molecule has 4 rings (SSSR count). The van der Waals surface area contributed by atoms with E-state index in [9.17, 15) is 4.79 Å². The molecule has 0 saturated carbocycles. The van der Waals surface area contributed by atoms with Gasteiger partial charge in [-0.15, -0.1) is 0 Å². The Bertz CT molecular complexity index is 867. The minimum atomic E-state index is -0.163. The lowest BCUT2D eigenvalue weighted by Gasteiger charge is -2.42. The lowest BCUT2D eigenvalue weighted by Crippen LogP contribution is -2.50. The van der Waals surface area contributed by atoms with Crippen molar-refractivity contribution in [1.82, 2.24) is 15.3 Å². The number of hydrazine groups is 1. The van der Waals surface area contributed by atoms with Gasteiger partial charge in [-0.1, -0.05) is 60.2 Å². The van der Waals surface area contributed by atoms with Gasteiger partial charge in [0.25, 0.3) is 0 Å². The predicted octanol–water partition coefficient (Wildman–Crippen LogP) is 3.18. The Morgan fingerprint density at radius 2 is 1.80 bits per heavy atom. The molecular formula is C24H29N3O3. The fourth-order valence-electron chi connectivity index (χ4n) is 3.97. The van der Waals surface area contributed by atoms with Gasteiger partial charge in [0.1, 0.15) is 6.79 Å². The molecule has 2 atom stereocenters. The Balaban J connectivity index is 0.00000124. The van der Waals surface area contributed by atoms with Crippen molar-refractivity contribution < 1.29 is 14.3 Å². The number of nitrogens with one attached hydrogen (secondary N) is 1. The third-order valence-corrected chi connectivity index (χ3v) is 5.35. The van der Waals surface area contributed by atoms with Crippen LogP contribution in [0.1, 0.15) is 35.7 Å². The first-order valence-corrected chi connectivity index (χ1v) is 10.2. The maximum Gasteiger partial charge on any atom is 0.320 e. The number of rotatable bonds is 5. The molecule has 2 aromatic carbocycles. The van der Waals surface area contributed by atoms with Gasteiger partial charge in [-0.05, 0) is 31.1 Å². The third-order valence-electron chi connectivity index (χ3n) is 5.35. The lowest BCUT2D eigenvalue weighted by molar-refractivity contribution is -0.145. The summed E-state index contributed by atoms with van der Waals surface area (Å²) in [7, 11) is 0. The smallest absolute Gasteiger partial charge is 0.320 e. The number of piperazine rings is 1. The largest absolute Gasteiger partial charge is 0.465 e. The van der Waals surface area contributed by atoms with E-state index in [-0.39, 0.29) is 18.1 Å². The number of carbonyl (C=O) groups is 2. The van der Waals surface area contributed by atoms with Crippen LogP contribution in [0.2, 0.25) is 0 Å². The topological polar surface area (TPSA) is 61.9 Å². The summed E-state index contributed by atoms with van der Waals surface area (Å²) in [4.78, 5) is 22.2. The molecule has 0 aliphatic carbocycles. The second-order valence-electron chi connectivity index (χ2n) is 7.45. The maximum absolute atomic E-state index is 12.1. The van der Waals surface area contributed by atoms with E-state index in [0.29, 0.717) is 13.2 Å². The summed E-state index contributed by atoms with van der Waals surface area (Å²) in [6, 6.07) is 19.4. The van der Waals surface area contributed by atoms with E-state index in [1.165, 1.54) is 22.4 Å². The van der Waals surface area contributed by atoms with Crippen molar-refractivity contribution in [2.75, 3.05) is 26.2 Å². The Morgan fingerprint density at radius 3 is 2.47 bits per heavy atom. The van der Waals surface area contributed by atoms with Crippen molar-refractivity contribution in [3.63, 3.8) is 0 Å². The molecule has 6 nitrogen and oxygen atoms in total. The van der Waals surface area contributed by atoms with Crippen LogP contribution in [0.15, 0.2) is 66.4 Å². The van der Waals surface area contributed by atoms with Gasteiger partial charge in [-0.3, -0.25) is 9.69 Å². The quantitative estimate of drug-likeness (QED) is 0.769. The number of carbonyl (C=O) groups excluding carboxylic acids is 2. The average molecular weight is 408 g/mol. The molecule has 1 saturated heterocycles. The molecule has 2 aliphatic heterocycles. The van der Waals surface area contributed by atoms with Crippen molar-refractivity contribution in [2.24, 2.45) is 0 Å². The SMILES string of the molecule is C=O.CCOC(=O)CN1CC2=CC(c3ccc(C)cc3)NN2C(c2ccccc2)C1.